The summed E-state index contributed by atoms with van der Waals surface area (Å²) in [5, 5.41) is 9.28. The summed E-state index contributed by atoms with van der Waals surface area (Å²) in [6.45, 7) is 6.18. The summed E-state index contributed by atoms with van der Waals surface area (Å²) in [6, 6.07) is 11.0. The smallest absolute Gasteiger partial charge is 0.410 e. The van der Waals surface area contributed by atoms with Crippen molar-refractivity contribution in [1.29, 1.82) is 5.26 Å². The fourth-order valence-electron chi connectivity index (χ4n) is 2.16. The van der Waals surface area contributed by atoms with Gasteiger partial charge in [0.2, 0.25) is 0 Å². The second-order valence-corrected chi connectivity index (χ2v) is 5.97. The van der Waals surface area contributed by atoms with Gasteiger partial charge in [0.1, 0.15) is 5.75 Å². The first-order valence-corrected chi connectivity index (χ1v) is 6.77. The van der Waals surface area contributed by atoms with E-state index < -0.39 is 6.09 Å². The monoisotopic (exact) mass is 282 g/mol. The average Bonchev–Trinajstić information content (AvgIpc) is 2.46. The highest BCUT2D eigenvalue weighted by Gasteiger charge is 2.30. The van der Waals surface area contributed by atoms with Crippen molar-refractivity contribution in [3.8, 4) is 11.8 Å². The molecule has 1 aromatic carbocycles. The maximum absolute atomic E-state index is 12.1. The quantitative estimate of drug-likeness (QED) is 0.779. The second kappa shape index (κ2) is 5.84. The van der Waals surface area contributed by atoms with E-state index >= 15 is 0 Å². The van der Waals surface area contributed by atoms with Crippen LogP contribution in [0.25, 0.3) is 0 Å². The minimum absolute atomic E-state index is 0.0109. The highest BCUT2D eigenvalue weighted by atomic mass is 16.6. The molecule has 2 rings (SSSR count). The molecule has 0 N–H and O–H groups in total. The lowest BCUT2D eigenvalue weighted by Crippen LogP contribution is -2.30. The molecule has 1 atom stereocenters. The van der Waals surface area contributed by atoms with Gasteiger partial charge in [-0.25, -0.2) is 4.79 Å². The van der Waals surface area contributed by atoms with Crippen LogP contribution in [0.2, 0.25) is 0 Å². The molecule has 108 valence electrons. The lowest BCUT2D eigenvalue weighted by atomic mass is 9.76. The van der Waals surface area contributed by atoms with Crippen molar-refractivity contribution in [3.63, 3.8) is 0 Å². The zero-order valence-electron chi connectivity index (χ0n) is 12.4. The van der Waals surface area contributed by atoms with Crippen LogP contribution in [0.3, 0.4) is 0 Å². The molecule has 1 aliphatic rings. The Bertz CT molecular complexity index is 618. The van der Waals surface area contributed by atoms with E-state index in [1.807, 2.05) is 12.1 Å². The summed E-state index contributed by atoms with van der Waals surface area (Å²) in [7, 11) is 0. The van der Waals surface area contributed by atoms with Crippen LogP contribution >= 0.6 is 0 Å². The number of allylic oxidation sites excluding steroid dienone is 2. The number of carbonyl (C=O) groups is 1. The summed E-state index contributed by atoms with van der Waals surface area (Å²) >= 11 is 0. The van der Waals surface area contributed by atoms with Gasteiger partial charge in [-0.3, -0.25) is 4.90 Å². The van der Waals surface area contributed by atoms with Crippen LogP contribution in [0.1, 0.15) is 20.8 Å². The SMILES string of the molecule is CC(C)(C)C1C=CN(C(=O)Oc2ccccc2)C=C1C#N. The number of para-hydroxylation sites is 1. The molecule has 0 saturated carbocycles. The lowest BCUT2D eigenvalue weighted by Gasteiger charge is -2.31. The number of benzene rings is 1. The summed E-state index contributed by atoms with van der Waals surface area (Å²) in [4.78, 5) is 13.4. The van der Waals surface area contributed by atoms with E-state index in [1.165, 1.54) is 4.90 Å². The third-order valence-electron chi connectivity index (χ3n) is 3.27. The Morgan fingerprint density at radius 2 is 1.95 bits per heavy atom. The molecule has 4 heteroatoms. The fourth-order valence-corrected chi connectivity index (χ4v) is 2.16. The van der Waals surface area contributed by atoms with Crippen molar-refractivity contribution in [1.82, 2.24) is 4.90 Å². The van der Waals surface area contributed by atoms with Crippen LogP contribution < -0.4 is 4.74 Å². The van der Waals surface area contributed by atoms with Gasteiger partial charge in [0.25, 0.3) is 0 Å². The molecule has 1 aliphatic heterocycles. The average molecular weight is 282 g/mol. The van der Waals surface area contributed by atoms with Gasteiger partial charge in [-0.1, -0.05) is 45.0 Å². The van der Waals surface area contributed by atoms with Gasteiger partial charge in [0, 0.05) is 18.3 Å². The lowest BCUT2D eigenvalue weighted by molar-refractivity contribution is 0.180. The molecule has 21 heavy (non-hydrogen) atoms. The number of nitriles is 1. The summed E-state index contributed by atoms with van der Waals surface area (Å²) in [5.74, 6) is 0.462. The largest absolute Gasteiger partial charge is 0.423 e. The third-order valence-corrected chi connectivity index (χ3v) is 3.27. The van der Waals surface area contributed by atoms with E-state index in [9.17, 15) is 10.1 Å². The Morgan fingerprint density at radius 1 is 1.29 bits per heavy atom. The first-order valence-electron chi connectivity index (χ1n) is 6.77. The molecule has 0 spiro atoms. The van der Waals surface area contributed by atoms with Gasteiger partial charge in [-0.05, 0) is 17.5 Å². The van der Waals surface area contributed by atoms with E-state index in [4.69, 9.17) is 4.74 Å². The molecule has 1 aromatic rings. The number of carbonyl (C=O) groups excluding carboxylic acids is 1. The first-order chi connectivity index (χ1) is 9.91. The molecule has 0 aromatic heterocycles. The van der Waals surface area contributed by atoms with Gasteiger partial charge in [0.05, 0.1) is 11.6 Å². The van der Waals surface area contributed by atoms with Crippen LogP contribution in [-0.2, 0) is 0 Å². The van der Waals surface area contributed by atoms with Crippen LogP contribution in [-0.4, -0.2) is 11.0 Å². The summed E-state index contributed by atoms with van der Waals surface area (Å²) in [5.41, 5.74) is 0.475. The highest BCUT2D eigenvalue weighted by Crippen LogP contribution is 2.35. The number of hydrogen-bond donors (Lipinski definition) is 0. The molecule has 4 nitrogen and oxygen atoms in total. The van der Waals surface area contributed by atoms with Gasteiger partial charge in [-0.15, -0.1) is 0 Å². The maximum atomic E-state index is 12.1. The normalized spacial score (nSPS) is 17.9. The van der Waals surface area contributed by atoms with Crippen molar-refractivity contribution < 1.29 is 9.53 Å². The van der Waals surface area contributed by atoms with Crippen LogP contribution in [0.15, 0.2) is 54.4 Å². The van der Waals surface area contributed by atoms with E-state index in [0.717, 1.165) is 0 Å². The Labute approximate surface area is 124 Å². The van der Waals surface area contributed by atoms with Crippen LogP contribution in [0, 0.1) is 22.7 Å². The van der Waals surface area contributed by atoms with E-state index in [-0.39, 0.29) is 11.3 Å². The molecule has 1 amide bonds. The number of ether oxygens (including phenoxy) is 1. The standard InChI is InChI=1S/C17H18N2O2/c1-17(2,3)15-9-10-19(12-13(15)11-18)16(20)21-14-7-5-4-6-8-14/h4-10,12,15H,1-3H3. The minimum atomic E-state index is -0.530. The molecular formula is C17H18N2O2. The van der Waals surface area contributed by atoms with Crippen LogP contribution in [0.4, 0.5) is 4.79 Å². The maximum Gasteiger partial charge on any atom is 0.423 e. The zero-order chi connectivity index (χ0) is 15.5. The number of nitrogens with zero attached hydrogens (tertiary/aromatic N) is 2. The Kier molecular flexibility index (Phi) is 4.13. The Hall–Kier alpha value is -2.54. The number of rotatable bonds is 1. The number of amides is 1. The Balaban J connectivity index is 2.15. The van der Waals surface area contributed by atoms with Crippen molar-refractivity contribution in [2.45, 2.75) is 20.8 Å². The highest BCUT2D eigenvalue weighted by molar-refractivity contribution is 5.73. The predicted molar refractivity (Wildman–Crippen MR) is 80.1 cm³/mol. The minimum Gasteiger partial charge on any atom is -0.410 e. The fraction of sp³-hybridized carbons (Fsp3) is 0.294. The van der Waals surface area contributed by atoms with Crippen molar-refractivity contribution in [3.05, 3.63) is 54.4 Å². The molecule has 0 aliphatic carbocycles. The summed E-state index contributed by atoms with van der Waals surface area (Å²) in [6.07, 6.45) is 4.53. The van der Waals surface area contributed by atoms with Gasteiger partial charge < -0.3 is 4.74 Å². The van der Waals surface area contributed by atoms with Gasteiger partial charge >= 0.3 is 6.09 Å². The third kappa shape index (κ3) is 3.51. The predicted octanol–water partition coefficient (Wildman–Crippen LogP) is 4.08. The van der Waals surface area contributed by atoms with Gasteiger partial charge in [0.15, 0.2) is 0 Å². The molecule has 1 unspecified atom stereocenters. The molecular weight excluding hydrogens is 264 g/mol. The first kappa shape index (κ1) is 14.9. The van der Waals surface area contributed by atoms with Crippen LogP contribution in [0.5, 0.6) is 5.75 Å². The summed E-state index contributed by atoms with van der Waals surface area (Å²) < 4.78 is 5.25. The molecule has 0 radical (unpaired) electrons. The zero-order valence-corrected chi connectivity index (χ0v) is 12.4. The second-order valence-electron chi connectivity index (χ2n) is 5.97. The molecule has 0 saturated heterocycles. The van der Waals surface area contributed by atoms with Crippen molar-refractivity contribution in [2.75, 3.05) is 0 Å². The van der Waals surface area contributed by atoms with Gasteiger partial charge in [-0.2, -0.15) is 5.26 Å². The molecule has 0 fully saturated rings. The van der Waals surface area contributed by atoms with E-state index in [2.05, 4.69) is 26.8 Å². The van der Waals surface area contributed by atoms with Crippen molar-refractivity contribution >= 4 is 6.09 Å². The van der Waals surface area contributed by atoms with Crippen molar-refractivity contribution in [2.24, 2.45) is 11.3 Å². The Morgan fingerprint density at radius 3 is 2.52 bits per heavy atom. The van der Waals surface area contributed by atoms with E-state index in [1.54, 1.807) is 36.7 Å². The molecule has 0 bridgehead atoms. The van der Waals surface area contributed by atoms with E-state index in [0.29, 0.717) is 11.3 Å². The topological polar surface area (TPSA) is 53.3 Å². The number of hydrogen-bond acceptors (Lipinski definition) is 3. The molecule has 1 heterocycles.